The van der Waals surface area contributed by atoms with Crippen LogP contribution < -0.4 is 4.74 Å². The Morgan fingerprint density at radius 1 is 0.897 bits per heavy atom. The molecule has 29 heavy (non-hydrogen) atoms. The molecule has 0 spiro atoms. The number of nitriles is 1. The summed E-state index contributed by atoms with van der Waals surface area (Å²) >= 11 is 0. The topological polar surface area (TPSA) is 129 Å². The van der Waals surface area contributed by atoms with E-state index in [1.54, 1.807) is 49.0 Å². The second kappa shape index (κ2) is 9.91. The van der Waals surface area contributed by atoms with Crippen LogP contribution in [0.4, 0.5) is 5.69 Å². The molecule has 2 heterocycles. The molecule has 8 nitrogen and oxygen atoms in total. The second-order valence-corrected chi connectivity index (χ2v) is 5.38. The first-order chi connectivity index (χ1) is 13.7. The predicted molar refractivity (Wildman–Crippen MR) is 101 cm³/mol. The summed E-state index contributed by atoms with van der Waals surface area (Å²) in [4.78, 5) is 21.6. The van der Waals surface area contributed by atoms with Crippen LogP contribution in [0.25, 0.3) is 21.8 Å². The Kier molecular flexibility index (Phi) is 7.33. The Labute approximate surface area is 177 Å². The van der Waals surface area contributed by atoms with Gasteiger partial charge in [0.1, 0.15) is 22.5 Å². The van der Waals surface area contributed by atoms with Crippen molar-refractivity contribution in [2.45, 2.75) is 0 Å². The molecule has 0 amide bonds. The summed E-state index contributed by atoms with van der Waals surface area (Å²) in [6.45, 7) is 0. The van der Waals surface area contributed by atoms with Crippen LogP contribution in [0, 0.1) is 11.5 Å². The van der Waals surface area contributed by atoms with Gasteiger partial charge in [-0.25, -0.2) is 4.79 Å². The third-order valence-corrected chi connectivity index (χ3v) is 3.76. The monoisotopic (exact) mass is 436 g/mol. The second-order valence-electron chi connectivity index (χ2n) is 5.38. The van der Waals surface area contributed by atoms with E-state index in [9.17, 15) is 15.0 Å². The summed E-state index contributed by atoms with van der Waals surface area (Å²) in [5.74, 6) is 0.546. The Hall–Kier alpha value is -3.85. The Bertz CT molecular complexity index is 1250. The number of rotatable bonds is 2. The van der Waals surface area contributed by atoms with Crippen LogP contribution in [0.2, 0.25) is 0 Å². The molecule has 0 aliphatic rings. The van der Waals surface area contributed by atoms with Crippen LogP contribution in [0.1, 0.15) is 0 Å². The van der Waals surface area contributed by atoms with Crippen molar-refractivity contribution in [3.05, 3.63) is 60.9 Å². The summed E-state index contributed by atoms with van der Waals surface area (Å²) in [7, 11) is 0. The molecule has 0 unspecified atom stereocenters. The van der Waals surface area contributed by atoms with E-state index in [1.165, 1.54) is 24.3 Å². The molecule has 0 aliphatic heterocycles. The summed E-state index contributed by atoms with van der Waals surface area (Å²) in [6.07, 6.45) is 6.18. The maximum atomic E-state index is 10.1. The first kappa shape index (κ1) is 21.5. The van der Waals surface area contributed by atoms with Gasteiger partial charge in [0, 0.05) is 42.6 Å². The molecule has 138 valence electrons. The number of phenols is 2. The molecule has 2 aromatic carbocycles. The van der Waals surface area contributed by atoms with E-state index in [0.29, 0.717) is 33.2 Å². The van der Waals surface area contributed by atoms with Crippen LogP contribution >= 0.6 is 0 Å². The van der Waals surface area contributed by atoms with Gasteiger partial charge in [-0.05, 0) is 48.5 Å². The van der Waals surface area contributed by atoms with Crippen LogP contribution in [0.15, 0.2) is 65.9 Å². The van der Waals surface area contributed by atoms with E-state index in [4.69, 9.17) is 10.00 Å². The van der Waals surface area contributed by atoms with Crippen LogP contribution in [-0.2, 0) is 24.3 Å². The molecular weight excluding hydrogens is 426 g/mol. The van der Waals surface area contributed by atoms with E-state index >= 15 is 0 Å². The van der Waals surface area contributed by atoms with E-state index in [1.807, 2.05) is 0 Å². The molecule has 0 aliphatic carbocycles. The van der Waals surface area contributed by atoms with Gasteiger partial charge in [-0.2, -0.15) is 4.99 Å². The zero-order valence-corrected chi connectivity index (χ0v) is 17.9. The zero-order valence-electron chi connectivity index (χ0n) is 15.0. The average molecular weight is 438 g/mol. The molecule has 4 rings (SSSR count). The third kappa shape index (κ3) is 4.71. The normalized spacial score (nSPS) is 9.34. The van der Waals surface area contributed by atoms with Gasteiger partial charge in [-0.15, -0.1) is 5.26 Å². The number of pyridine rings is 2. The number of ether oxygens (including phenoxy) is 1. The quantitative estimate of drug-likeness (QED) is 0.212. The number of fused-ring (bicyclic) bond motifs is 2. The van der Waals surface area contributed by atoms with Crippen molar-refractivity contribution in [3.63, 3.8) is 0 Å². The smallest absolute Gasteiger partial charge is 0.292 e. The third-order valence-electron chi connectivity index (χ3n) is 3.76. The number of phenolic OH excluding ortho intramolecular Hbond substituents is 2. The molecule has 9 heteroatoms. The van der Waals surface area contributed by atoms with E-state index in [0.717, 1.165) is 0 Å². The Morgan fingerprint density at radius 2 is 1.48 bits per heavy atom. The number of benzene rings is 2. The molecule has 0 atom stereocenters. The van der Waals surface area contributed by atoms with Gasteiger partial charge in [0.15, 0.2) is 5.75 Å². The standard InChI is InChI=1S/2C10H6N2O2.Zn/c11-6-14-9-4-3-8(13)10-7(9)2-1-5-12-10;13-6-12-8-3-4-9(14)10-7(8)2-1-5-11-10;/h1-5,13H;1-5,14H;. The van der Waals surface area contributed by atoms with E-state index < -0.39 is 0 Å². The molecule has 0 fully saturated rings. The summed E-state index contributed by atoms with van der Waals surface area (Å²) in [6, 6.07) is 12.9. The van der Waals surface area contributed by atoms with Gasteiger partial charge in [0.25, 0.3) is 6.26 Å². The minimum atomic E-state index is 0. The number of carbonyl (C=O) groups excluding carboxylic acids is 1. The fraction of sp³-hybridized carbons (Fsp3) is 0. The molecule has 2 N–H and O–H groups in total. The number of isocyanates is 1. The summed E-state index contributed by atoms with van der Waals surface area (Å²) in [5, 5.41) is 28.6. The fourth-order valence-corrected chi connectivity index (χ4v) is 2.56. The minimum Gasteiger partial charge on any atom is -0.506 e. The maximum Gasteiger partial charge on any atom is 0.292 e. The van der Waals surface area contributed by atoms with E-state index in [-0.39, 0.29) is 31.0 Å². The SMILES string of the molecule is N#COc1ccc(O)c2ncccc12.O=C=Nc1ccc(O)c2ncccc12.[Zn]. The van der Waals surface area contributed by atoms with Gasteiger partial charge in [-0.1, -0.05) is 0 Å². The maximum absolute atomic E-state index is 10.1. The number of nitrogens with zero attached hydrogens (tertiary/aromatic N) is 4. The number of hydrogen-bond acceptors (Lipinski definition) is 8. The van der Waals surface area contributed by atoms with Crippen molar-refractivity contribution < 1.29 is 39.2 Å². The van der Waals surface area contributed by atoms with Gasteiger partial charge in [0.2, 0.25) is 6.08 Å². The number of hydrogen-bond donors (Lipinski definition) is 2. The number of aliphatic imine (C=N–C) groups is 1. The minimum absolute atomic E-state index is 0. The summed E-state index contributed by atoms with van der Waals surface area (Å²) < 4.78 is 4.73. The predicted octanol–water partition coefficient (Wildman–Crippen LogP) is 3.71. The van der Waals surface area contributed by atoms with Crippen molar-refractivity contribution >= 4 is 33.6 Å². The van der Waals surface area contributed by atoms with Gasteiger partial charge in [-0.3, -0.25) is 9.97 Å². The van der Waals surface area contributed by atoms with Crippen LogP contribution in [-0.4, -0.2) is 26.3 Å². The van der Waals surface area contributed by atoms with Crippen molar-refractivity contribution in [2.24, 2.45) is 4.99 Å². The van der Waals surface area contributed by atoms with Crippen molar-refractivity contribution in [2.75, 3.05) is 0 Å². The van der Waals surface area contributed by atoms with Gasteiger partial charge >= 0.3 is 0 Å². The molecule has 0 saturated carbocycles. The van der Waals surface area contributed by atoms with Gasteiger partial charge in [0.05, 0.1) is 5.69 Å². The molecular formula is C20H12N4O4Zn. The molecule has 0 bridgehead atoms. The number of aromatic hydroxyl groups is 2. The van der Waals surface area contributed by atoms with Crippen molar-refractivity contribution in [1.82, 2.24) is 9.97 Å². The summed E-state index contributed by atoms with van der Waals surface area (Å²) in [5.41, 5.74) is 1.32. The van der Waals surface area contributed by atoms with Crippen molar-refractivity contribution in [3.8, 4) is 23.5 Å². The van der Waals surface area contributed by atoms with Crippen molar-refractivity contribution in [1.29, 1.82) is 5.26 Å². The fourth-order valence-electron chi connectivity index (χ4n) is 2.56. The zero-order chi connectivity index (χ0) is 19.9. The average Bonchev–Trinajstić information content (AvgIpc) is 2.73. The molecule has 2 aromatic heterocycles. The Morgan fingerprint density at radius 3 is 2.10 bits per heavy atom. The van der Waals surface area contributed by atoms with Crippen LogP contribution in [0.5, 0.6) is 17.2 Å². The van der Waals surface area contributed by atoms with E-state index in [2.05, 4.69) is 15.0 Å². The first-order valence-electron chi connectivity index (χ1n) is 7.93. The van der Waals surface area contributed by atoms with Gasteiger partial charge < -0.3 is 14.9 Å². The van der Waals surface area contributed by atoms with Crippen LogP contribution in [0.3, 0.4) is 0 Å². The molecule has 0 saturated heterocycles. The first-order valence-corrected chi connectivity index (χ1v) is 7.93. The number of aromatic nitrogens is 2. The Balaban J connectivity index is 0.000000200. The largest absolute Gasteiger partial charge is 0.506 e. The molecule has 4 aromatic rings. The molecule has 0 radical (unpaired) electrons.